The van der Waals surface area contributed by atoms with Crippen molar-refractivity contribution in [2.24, 2.45) is 7.05 Å². The molecule has 2 aliphatic rings. The van der Waals surface area contributed by atoms with Crippen molar-refractivity contribution in [3.63, 3.8) is 0 Å². The average Bonchev–Trinajstić information content (AvgIpc) is 3.49. The van der Waals surface area contributed by atoms with Gasteiger partial charge in [-0.05, 0) is 49.3 Å². The van der Waals surface area contributed by atoms with E-state index in [1.54, 1.807) is 18.6 Å². The van der Waals surface area contributed by atoms with Crippen LogP contribution in [0.3, 0.4) is 0 Å². The molecule has 3 heterocycles. The normalized spacial score (nSPS) is 24.1. The van der Waals surface area contributed by atoms with Gasteiger partial charge in [0.05, 0.1) is 29.8 Å². The Hall–Kier alpha value is -3.32. The van der Waals surface area contributed by atoms with Gasteiger partial charge < -0.3 is 9.67 Å². The summed E-state index contributed by atoms with van der Waals surface area (Å²) in [4.78, 5) is 17.5. The molecular weight excluding hydrogens is 419 g/mol. The SMILES string of the molecule is Cn1cc2ccc(C3CCC(O)(C(=O)CC4c5c(F)cccc5-c5cncn54)CC3)cc2n1. The van der Waals surface area contributed by atoms with Crippen molar-refractivity contribution in [1.82, 2.24) is 19.3 Å². The van der Waals surface area contributed by atoms with E-state index in [0.717, 1.165) is 35.0 Å². The van der Waals surface area contributed by atoms with Crippen LogP contribution >= 0.6 is 0 Å². The molecule has 7 heteroatoms. The van der Waals surface area contributed by atoms with Gasteiger partial charge in [-0.3, -0.25) is 9.48 Å². The summed E-state index contributed by atoms with van der Waals surface area (Å²) in [5, 5.41) is 16.9. The summed E-state index contributed by atoms with van der Waals surface area (Å²) in [6.45, 7) is 0. The van der Waals surface area contributed by atoms with E-state index in [2.05, 4.69) is 28.3 Å². The fourth-order valence-corrected chi connectivity index (χ4v) is 5.68. The van der Waals surface area contributed by atoms with Crippen LogP contribution < -0.4 is 0 Å². The van der Waals surface area contributed by atoms with Crippen molar-refractivity contribution in [2.75, 3.05) is 0 Å². The summed E-state index contributed by atoms with van der Waals surface area (Å²) >= 11 is 0. The van der Waals surface area contributed by atoms with E-state index in [0.29, 0.717) is 18.4 Å². The third kappa shape index (κ3) is 3.22. The predicted octanol–water partition coefficient (Wildman–Crippen LogP) is 4.53. The minimum absolute atomic E-state index is 0.0539. The number of aromatic nitrogens is 4. The van der Waals surface area contributed by atoms with Gasteiger partial charge in [0, 0.05) is 36.2 Å². The highest BCUT2D eigenvalue weighted by molar-refractivity contribution is 5.89. The fourth-order valence-electron chi connectivity index (χ4n) is 5.68. The molecule has 1 atom stereocenters. The molecule has 1 aliphatic carbocycles. The Labute approximate surface area is 190 Å². The molecular formula is C26H25FN4O2. The Morgan fingerprint density at radius 3 is 2.88 bits per heavy atom. The van der Waals surface area contributed by atoms with Gasteiger partial charge in [-0.2, -0.15) is 5.10 Å². The lowest BCUT2D eigenvalue weighted by Crippen LogP contribution is -2.42. The van der Waals surface area contributed by atoms with Gasteiger partial charge >= 0.3 is 0 Å². The van der Waals surface area contributed by atoms with Crippen molar-refractivity contribution in [1.29, 1.82) is 0 Å². The molecule has 6 rings (SSSR count). The Morgan fingerprint density at radius 2 is 2.06 bits per heavy atom. The van der Waals surface area contributed by atoms with Crippen molar-refractivity contribution < 1.29 is 14.3 Å². The number of carbonyl (C=O) groups is 1. The molecule has 1 aliphatic heterocycles. The molecule has 0 spiro atoms. The average molecular weight is 445 g/mol. The maximum atomic E-state index is 14.7. The molecule has 33 heavy (non-hydrogen) atoms. The highest BCUT2D eigenvalue weighted by atomic mass is 19.1. The third-order valence-electron chi connectivity index (χ3n) is 7.49. The number of carbonyl (C=O) groups excluding carboxylic acids is 1. The first-order valence-electron chi connectivity index (χ1n) is 11.4. The summed E-state index contributed by atoms with van der Waals surface area (Å²) in [5.41, 5.74) is 2.88. The molecule has 2 aromatic carbocycles. The Kier molecular flexibility index (Phi) is 4.52. The second kappa shape index (κ2) is 7.35. The zero-order valence-corrected chi connectivity index (χ0v) is 18.4. The summed E-state index contributed by atoms with van der Waals surface area (Å²) in [6, 6.07) is 10.8. The number of fused-ring (bicyclic) bond motifs is 4. The second-order valence-electron chi connectivity index (χ2n) is 9.46. The number of Topliss-reactive ketones (excluding diaryl/α,β-unsaturated/α-hetero) is 1. The molecule has 168 valence electrons. The quantitative estimate of drug-likeness (QED) is 0.502. The van der Waals surface area contributed by atoms with E-state index in [1.165, 1.54) is 11.6 Å². The molecule has 4 aromatic rings. The van der Waals surface area contributed by atoms with Crippen LogP contribution in [0.25, 0.3) is 22.2 Å². The van der Waals surface area contributed by atoms with E-state index in [4.69, 9.17) is 0 Å². The molecule has 1 N–H and O–H groups in total. The first-order valence-corrected chi connectivity index (χ1v) is 11.4. The maximum absolute atomic E-state index is 14.7. The van der Waals surface area contributed by atoms with Crippen LogP contribution in [-0.2, 0) is 11.8 Å². The lowest BCUT2D eigenvalue weighted by atomic mass is 9.73. The lowest BCUT2D eigenvalue weighted by Gasteiger charge is -2.35. The summed E-state index contributed by atoms with van der Waals surface area (Å²) in [5.74, 6) is -0.258. The van der Waals surface area contributed by atoms with Crippen molar-refractivity contribution in [3.05, 3.63) is 72.1 Å². The number of rotatable bonds is 4. The Morgan fingerprint density at radius 1 is 1.24 bits per heavy atom. The number of aryl methyl sites for hydroxylation is 1. The van der Waals surface area contributed by atoms with Crippen molar-refractivity contribution in [3.8, 4) is 11.3 Å². The van der Waals surface area contributed by atoms with Crippen LogP contribution in [0.1, 0.15) is 55.2 Å². The van der Waals surface area contributed by atoms with Gasteiger partial charge in [-0.25, -0.2) is 9.37 Å². The highest BCUT2D eigenvalue weighted by Crippen LogP contribution is 2.45. The monoisotopic (exact) mass is 444 g/mol. The van der Waals surface area contributed by atoms with Gasteiger partial charge in [-0.15, -0.1) is 0 Å². The highest BCUT2D eigenvalue weighted by Gasteiger charge is 2.42. The van der Waals surface area contributed by atoms with Crippen LogP contribution in [0.5, 0.6) is 0 Å². The maximum Gasteiger partial charge on any atom is 0.166 e. The number of hydrogen-bond acceptors (Lipinski definition) is 4. The minimum Gasteiger partial charge on any atom is -0.382 e. The zero-order valence-electron chi connectivity index (χ0n) is 18.4. The Balaban J connectivity index is 1.20. The number of ketones is 1. The topological polar surface area (TPSA) is 72.9 Å². The molecule has 1 fully saturated rings. The number of hydrogen-bond donors (Lipinski definition) is 1. The number of nitrogens with zero attached hydrogens (tertiary/aromatic N) is 4. The van der Waals surface area contributed by atoms with Crippen molar-refractivity contribution in [2.45, 2.75) is 49.7 Å². The number of halogens is 1. The molecule has 6 nitrogen and oxygen atoms in total. The largest absolute Gasteiger partial charge is 0.382 e. The van der Waals surface area contributed by atoms with Crippen LogP contribution in [-0.4, -0.2) is 35.8 Å². The second-order valence-corrected chi connectivity index (χ2v) is 9.46. The summed E-state index contributed by atoms with van der Waals surface area (Å²) in [7, 11) is 1.91. The molecule has 0 saturated heterocycles. The molecule has 1 saturated carbocycles. The van der Waals surface area contributed by atoms with E-state index in [9.17, 15) is 14.3 Å². The molecule has 1 unspecified atom stereocenters. The lowest BCUT2D eigenvalue weighted by molar-refractivity contribution is -0.141. The van der Waals surface area contributed by atoms with E-state index in [1.807, 2.05) is 28.6 Å². The standard InChI is InChI=1S/C26H25FN4O2/c1-30-14-18-6-5-17(11-21(18)29-30)16-7-9-26(33,10-8-16)24(32)12-22-25-19(3-2-4-20(25)27)23-13-28-15-31(22)23/h2-6,11,13-16,22,33H,7-10,12H2,1H3. The van der Waals surface area contributed by atoms with Crippen LogP contribution in [0, 0.1) is 5.82 Å². The smallest absolute Gasteiger partial charge is 0.166 e. The number of imidazole rings is 1. The summed E-state index contributed by atoms with van der Waals surface area (Å²) in [6.07, 6.45) is 7.65. The first-order chi connectivity index (χ1) is 15.9. The fraction of sp³-hybridized carbons (Fsp3) is 0.346. The first kappa shape index (κ1) is 20.3. The number of aliphatic hydroxyl groups is 1. The van der Waals surface area contributed by atoms with Gasteiger partial charge in [-0.1, -0.05) is 24.3 Å². The van der Waals surface area contributed by atoms with Gasteiger partial charge in [0.25, 0.3) is 0 Å². The van der Waals surface area contributed by atoms with Crippen LogP contribution in [0.4, 0.5) is 4.39 Å². The zero-order chi connectivity index (χ0) is 22.7. The predicted molar refractivity (Wildman–Crippen MR) is 122 cm³/mol. The Bertz CT molecular complexity index is 1380. The van der Waals surface area contributed by atoms with E-state index < -0.39 is 11.6 Å². The third-order valence-corrected chi connectivity index (χ3v) is 7.49. The molecule has 0 bridgehead atoms. The van der Waals surface area contributed by atoms with Crippen LogP contribution in [0.2, 0.25) is 0 Å². The molecule has 0 radical (unpaired) electrons. The number of benzene rings is 2. The van der Waals surface area contributed by atoms with Crippen LogP contribution in [0.15, 0.2) is 55.1 Å². The minimum atomic E-state index is -1.37. The van der Waals surface area contributed by atoms with Gasteiger partial charge in [0.15, 0.2) is 5.78 Å². The van der Waals surface area contributed by atoms with E-state index >= 15 is 0 Å². The molecule has 2 aromatic heterocycles. The van der Waals surface area contributed by atoms with Crippen molar-refractivity contribution >= 4 is 16.7 Å². The van der Waals surface area contributed by atoms with Gasteiger partial charge in [0.1, 0.15) is 11.4 Å². The van der Waals surface area contributed by atoms with E-state index in [-0.39, 0.29) is 23.9 Å². The van der Waals surface area contributed by atoms with Gasteiger partial charge in [0.2, 0.25) is 0 Å². The summed E-state index contributed by atoms with van der Waals surface area (Å²) < 4.78 is 18.4. The molecule has 0 amide bonds.